The zero-order valence-corrected chi connectivity index (χ0v) is 8.92. The van der Waals surface area contributed by atoms with Gasteiger partial charge in [0, 0.05) is 12.6 Å². The second-order valence-corrected chi connectivity index (χ2v) is 4.31. The van der Waals surface area contributed by atoms with Gasteiger partial charge in [-0.05, 0) is 5.56 Å². The van der Waals surface area contributed by atoms with Crippen molar-refractivity contribution in [3.05, 3.63) is 52.0 Å². The van der Waals surface area contributed by atoms with Crippen molar-refractivity contribution in [1.29, 1.82) is 5.41 Å². The fourth-order valence-electron chi connectivity index (χ4n) is 1.29. The summed E-state index contributed by atoms with van der Waals surface area (Å²) in [6, 6.07) is 10.1. The van der Waals surface area contributed by atoms with Gasteiger partial charge in [-0.25, -0.2) is 4.98 Å². The van der Waals surface area contributed by atoms with Crippen molar-refractivity contribution in [2.24, 2.45) is 5.73 Å². The van der Waals surface area contributed by atoms with Crippen LogP contribution in [0.15, 0.2) is 36.5 Å². The average Bonchev–Trinajstić information content (AvgIpc) is 2.68. The van der Waals surface area contributed by atoms with E-state index < -0.39 is 0 Å². The molecule has 0 saturated carbocycles. The molecular formula is C11H11N3S. The minimum atomic E-state index is 0.0896. The lowest BCUT2D eigenvalue weighted by atomic mass is 10.2. The van der Waals surface area contributed by atoms with Crippen LogP contribution in [0.25, 0.3) is 0 Å². The van der Waals surface area contributed by atoms with E-state index in [4.69, 9.17) is 11.1 Å². The van der Waals surface area contributed by atoms with Crippen LogP contribution >= 0.6 is 11.3 Å². The fourth-order valence-corrected chi connectivity index (χ4v) is 2.10. The Balaban J connectivity index is 2.15. The molecule has 76 valence electrons. The topological polar surface area (TPSA) is 62.8 Å². The van der Waals surface area contributed by atoms with E-state index in [9.17, 15) is 0 Å². The molecule has 0 radical (unpaired) electrons. The summed E-state index contributed by atoms with van der Waals surface area (Å²) in [4.78, 5) is 4.97. The summed E-state index contributed by atoms with van der Waals surface area (Å²) in [6.07, 6.45) is 2.46. The summed E-state index contributed by atoms with van der Waals surface area (Å²) < 4.78 is 0. The van der Waals surface area contributed by atoms with Gasteiger partial charge in [-0.15, -0.1) is 11.3 Å². The molecule has 1 heterocycles. The summed E-state index contributed by atoms with van der Waals surface area (Å²) in [7, 11) is 0. The van der Waals surface area contributed by atoms with Crippen LogP contribution in [0.2, 0.25) is 0 Å². The number of aromatic nitrogens is 1. The van der Waals surface area contributed by atoms with Crippen LogP contribution in [-0.2, 0) is 6.42 Å². The Hall–Kier alpha value is -1.68. The molecule has 1 aromatic heterocycles. The molecule has 0 unspecified atom stereocenters. The number of hydrogen-bond acceptors (Lipinski definition) is 3. The summed E-state index contributed by atoms with van der Waals surface area (Å²) >= 11 is 1.48. The highest BCUT2D eigenvalue weighted by molar-refractivity contribution is 7.13. The molecule has 2 rings (SSSR count). The van der Waals surface area contributed by atoms with Crippen molar-refractivity contribution >= 4 is 17.2 Å². The molecule has 4 heteroatoms. The van der Waals surface area contributed by atoms with Gasteiger partial charge < -0.3 is 5.73 Å². The van der Waals surface area contributed by atoms with Crippen LogP contribution in [0.1, 0.15) is 15.4 Å². The number of thiazole rings is 1. The predicted octanol–water partition coefficient (Wildman–Crippen LogP) is 2.02. The molecule has 0 aliphatic carbocycles. The van der Waals surface area contributed by atoms with Crippen molar-refractivity contribution in [3.8, 4) is 0 Å². The number of nitrogens with zero attached hydrogens (tertiary/aromatic N) is 1. The molecule has 15 heavy (non-hydrogen) atoms. The molecule has 0 bridgehead atoms. The third kappa shape index (κ3) is 2.41. The lowest BCUT2D eigenvalue weighted by molar-refractivity contribution is 1.14. The number of benzene rings is 1. The molecule has 0 aliphatic rings. The maximum absolute atomic E-state index is 7.28. The van der Waals surface area contributed by atoms with Crippen LogP contribution < -0.4 is 5.73 Å². The number of rotatable bonds is 3. The van der Waals surface area contributed by atoms with Crippen molar-refractivity contribution in [3.63, 3.8) is 0 Å². The number of amidine groups is 1. The molecule has 0 saturated heterocycles. The highest BCUT2D eigenvalue weighted by atomic mass is 32.1. The van der Waals surface area contributed by atoms with Crippen LogP contribution in [0.4, 0.5) is 0 Å². The fraction of sp³-hybridized carbons (Fsp3) is 0.0909. The zero-order chi connectivity index (χ0) is 10.7. The molecule has 0 fully saturated rings. The molecular weight excluding hydrogens is 206 g/mol. The van der Waals surface area contributed by atoms with E-state index in [2.05, 4.69) is 17.1 Å². The van der Waals surface area contributed by atoms with E-state index in [0.717, 1.165) is 16.3 Å². The smallest absolute Gasteiger partial charge is 0.134 e. The standard InChI is InChI=1S/C11H11N3S/c12-11(13)9-7-14-10(15-9)6-8-4-2-1-3-5-8/h1-5,7H,6H2,(H3,12,13). The first-order chi connectivity index (χ1) is 7.25. The van der Waals surface area contributed by atoms with Crippen molar-refractivity contribution in [2.45, 2.75) is 6.42 Å². The molecule has 2 aromatic rings. The normalized spacial score (nSPS) is 10.1. The molecule has 3 nitrogen and oxygen atoms in total. The summed E-state index contributed by atoms with van der Waals surface area (Å²) in [5.41, 5.74) is 6.60. The quantitative estimate of drug-likeness (QED) is 0.610. The van der Waals surface area contributed by atoms with E-state index in [1.807, 2.05) is 18.2 Å². The predicted molar refractivity (Wildman–Crippen MR) is 62.4 cm³/mol. The van der Waals surface area contributed by atoms with Gasteiger partial charge in [0.25, 0.3) is 0 Å². The Labute approximate surface area is 92.1 Å². The second-order valence-electron chi connectivity index (χ2n) is 3.19. The van der Waals surface area contributed by atoms with Crippen molar-refractivity contribution in [2.75, 3.05) is 0 Å². The third-order valence-electron chi connectivity index (χ3n) is 2.02. The number of nitrogens with one attached hydrogen (secondary N) is 1. The zero-order valence-electron chi connectivity index (χ0n) is 8.10. The minimum Gasteiger partial charge on any atom is -0.383 e. The van der Waals surface area contributed by atoms with Crippen LogP contribution in [0, 0.1) is 5.41 Å². The Kier molecular flexibility index (Phi) is 2.78. The van der Waals surface area contributed by atoms with Crippen LogP contribution in [0.3, 0.4) is 0 Å². The summed E-state index contributed by atoms with van der Waals surface area (Å²) in [6.45, 7) is 0. The van der Waals surface area contributed by atoms with E-state index in [1.54, 1.807) is 6.20 Å². The summed E-state index contributed by atoms with van der Waals surface area (Å²) in [5.74, 6) is 0.0896. The van der Waals surface area contributed by atoms with E-state index in [-0.39, 0.29) is 5.84 Å². The van der Waals surface area contributed by atoms with Gasteiger partial charge in [0.05, 0.1) is 9.88 Å². The highest BCUT2D eigenvalue weighted by Crippen LogP contribution is 2.16. The Morgan fingerprint density at radius 2 is 2.07 bits per heavy atom. The Morgan fingerprint density at radius 1 is 1.33 bits per heavy atom. The van der Waals surface area contributed by atoms with Crippen LogP contribution in [0.5, 0.6) is 0 Å². The van der Waals surface area contributed by atoms with Gasteiger partial charge in [0.2, 0.25) is 0 Å². The maximum atomic E-state index is 7.28. The molecule has 0 spiro atoms. The van der Waals surface area contributed by atoms with Gasteiger partial charge in [-0.1, -0.05) is 30.3 Å². The number of nitrogen functional groups attached to an aromatic ring is 1. The maximum Gasteiger partial charge on any atom is 0.134 e. The van der Waals surface area contributed by atoms with E-state index in [1.165, 1.54) is 16.9 Å². The molecule has 3 N–H and O–H groups in total. The lowest BCUT2D eigenvalue weighted by Crippen LogP contribution is -2.08. The van der Waals surface area contributed by atoms with E-state index in [0.29, 0.717) is 0 Å². The Bertz CT molecular complexity index is 462. The van der Waals surface area contributed by atoms with Gasteiger partial charge >= 0.3 is 0 Å². The number of nitrogens with two attached hydrogens (primary N) is 1. The largest absolute Gasteiger partial charge is 0.383 e. The average molecular weight is 217 g/mol. The number of hydrogen-bond donors (Lipinski definition) is 2. The molecule has 0 atom stereocenters. The lowest BCUT2D eigenvalue weighted by Gasteiger charge is -1.95. The molecule has 0 aliphatic heterocycles. The van der Waals surface area contributed by atoms with E-state index >= 15 is 0 Å². The second kappa shape index (κ2) is 4.23. The summed E-state index contributed by atoms with van der Waals surface area (Å²) in [5, 5.41) is 8.27. The van der Waals surface area contributed by atoms with Crippen molar-refractivity contribution < 1.29 is 0 Å². The molecule has 0 amide bonds. The highest BCUT2D eigenvalue weighted by Gasteiger charge is 2.04. The molecule has 1 aromatic carbocycles. The first kappa shape index (κ1) is 9.86. The Morgan fingerprint density at radius 3 is 2.67 bits per heavy atom. The minimum absolute atomic E-state index is 0.0896. The van der Waals surface area contributed by atoms with Gasteiger partial charge in [0.15, 0.2) is 0 Å². The van der Waals surface area contributed by atoms with Crippen molar-refractivity contribution in [1.82, 2.24) is 4.98 Å². The third-order valence-corrected chi connectivity index (χ3v) is 3.05. The van der Waals surface area contributed by atoms with Gasteiger partial charge in [-0.3, -0.25) is 5.41 Å². The monoisotopic (exact) mass is 217 g/mol. The SMILES string of the molecule is N=C(N)c1cnc(Cc2ccccc2)s1. The van der Waals surface area contributed by atoms with Gasteiger partial charge in [0.1, 0.15) is 5.84 Å². The first-order valence-electron chi connectivity index (χ1n) is 4.59. The van der Waals surface area contributed by atoms with Crippen LogP contribution in [-0.4, -0.2) is 10.8 Å². The van der Waals surface area contributed by atoms with Gasteiger partial charge in [-0.2, -0.15) is 0 Å². The first-order valence-corrected chi connectivity index (χ1v) is 5.40.